The van der Waals surface area contributed by atoms with Crippen LogP contribution < -0.4 is 10.6 Å². The average molecular weight is 865 g/mol. The molecule has 0 radical (unpaired) electrons. The molecule has 2 saturated heterocycles. The number of aromatic nitrogens is 4. The molecule has 2 aliphatic carbocycles. The maximum Gasteiger partial charge on any atom is 0.407 e. The molecule has 2 bridgehead atoms. The molecule has 1 unspecified atom stereocenters. The summed E-state index contributed by atoms with van der Waals surface area (Å²) in [4.78, 5) is 59.9. The third kappa shape index (κ3) is 7.44. The zero-order valence-corrected chi connectivity index (χ0v) is 36.2. The van der Waals surface area contributed by atoms with E-state index in [-0.39, 0.29) is 58.8 Å². The summed E-state index contributed by atoms with van der Waals surface area (Å²) >= 11 is 0. The van der Waals surface area contributed by atoms with Crippen molar-refractivity contribution in [2.24, 2.45) is 17.8 Å². The van der Waals surface area contributed by atoms with Gasteiger partial charge in [0.1, 0.15) is 17.7 Å². The summed E-state index contributed by atoms with van der Waals surface area (Å²) < 4.78 is 42.9. The number of ether oxygens (including phenoxy) is 2. The Morgan fingerprint density at radius 2 is 1.54 bits per heavy atom. The average Bonchev–Trinajstić information content (AvgIpc) is 4.15. The summed E-state index contributed by atoms with van der Waals surface area (Å²) in [6.45, 7) is 8.09. The SMILES string of the molecule is COC(=O)N[C@H](C(=O)N1[C@@H]2CC[C@@H](C2)[C@H]1c1nc2ccc(-c3ccc4c(c3)C(F)(F)c3cc(-c5cnc([C@@H]6CCCN6C(=O)[C@@H](NC(O)OC)C(C)C)[nH]5)ccc3-4)cc2[nH]1)C(C)C. The lowest BCUT2D eigenvalue weighted by Gasteiger charge is -2.37. The van der Waals surface area contributed by atoms with E-state index >= 15 is 8.78 Å². The summed E-state index contributed by atoms with van der Waals surface area (Å²) in [5.41, 5.74) is 4.68. The van der Waals surface area contributed by atoms with Gasteiger partial charge in [0.25, 0.3) is 5.92 Å². The van der Waals surface area contributed by atoms with Crippen molar-refractivity contribution in [2.75, 3.05) is 20.8 Å². The number of rotatable bonds is 12. The Hall–Kier alpha value is -5.71. The highest BCUT2D eigenvalue weighted by Crippen LogP contribution is 2.53. The van der Waals surface area contributed by atoms with Gasteiger partial charge < -0.3 is 39.7 Å². The van der Waals surface area contributed by atoms with Crippen LogP contribution in [0.2, 0.25) is 0 Å². The van der Waals surface area contributed by atoms with Crippen LogP contribution in [0.5, 0.6) is 0 Å². The van der Waals surface area contributed by atoms with E-state index in [2.05, 4.69) is 25.6 Å². The highest BCUT2D eigenvalue weighted by Gasteiger charge is 2.52. The minimum atomic E-state index is -3.28. The van der Waals surface area contributed by atoms with Crippen molar-refractivity contribution in [1.29, 1.82) is 0 Å². The van der Waals surface area contributed by atoms with Gasteiger partial charge in [0.15, 0.2) is 0 Å². The van der Waals surface area contributed by atoms with E-state index in [1.165, 1.54) is 20.3 Å². The van der Waals surface area contributed by atoms with Gasteiger partial charge in [-0.15, -0.1) is 0 Å². The molecule has 3 amide bonds. The lowest BCUT2D eigenvalue weighted by molar-refractivity contribution is -0.145. The summed E-state index contributed by atoms with van der Waals surface area (Å²) in [6, 6.07) is 13.9. The van der Waals surface area contributed by atoms with Gasteiger partial charge in [-0.05, 0) is 96.4 Å². The Morgan fingerprint density at radius 1 is 0.857 bits per heavy atom. The second-order valence-corrected chi connectivity index (χ2v) is 18.1. The molecule has 5 N–H and O–H groups in total. The topological polar surface area (TPSA) is 178 Å². The van der Waals surface area contributed by atoms with E-state index in [4.69, 9.17) is 14.5 Å². The first-order valence-corrected chi connectivity index (χ1v) is 21.8. The number of amides is 3. The molecule has 4 heterocycles. The number of carbonyl (C=O) groups excluding carboxylic acids is 3. The van der Waals surface area contributed by atoms with Crippen LogP contribution in [0.1, 0.15) is 94.7 Å². The number of methoxy groups -OCH3 is 2. The summed E-state index contributed by atoms with van der Waals surface area (Å²) in [5, 5.41) is 15.6. The minimum Gasteiger partial charge on any atom is -0.453 e. The summed E-state index contributed by atoms with van der Waals surface area (Å²) in [7, 11) is 2.63. The number of likely N-dealkylation sites (tertiary alicyclic amines) is 2. The molecule has 9 rings (SSSR count). The molecule has 1 saturated carbocycles. The third-order valence-electron chi connectivity index (χ3n) is 13.6. The molecular formula is C47H54F2N8O6. The fraction of sp³-hybridized carbons (Fsp3) is 0.468. The molecule has 2 aliphatic heterocycles. The van der Waals surface area contributed by atoms with E-state index in [9.17, 15) is 19.5 Å². The van der Waals surface area contributed by atoms with Gasteiger partial charge in [0.05, 0.1) is 48.2 Å². The molecule has 2 aromatic heterocycles. The summed E-state index contributed by atoms with van der Waals surface area (Å²) in [6.07, 6.45) is 3.85. The number of H-pyrrole nitrogens is 2. The maximum absolute atomic E-state index is 16.6. The number of fused-ring (bicyclic) bond motifs is 6. The first kappa shape index (κ1) is 42.6. The molecule has 7 atom stereocenters. The number of nitrogens with one attached hydrogen (secondary N) is 4. The van der Waals surface area contributed by atoms with Gasteiger partial charge in [-0.1, -0.05) is 58.0 Å². The minimum absolute atomic E-state index is 0.0477. The third-order valence-corrected chi connectivity index (χ3v) is 13.6. The van der Waals surface area contributed by atoms with Crippen LogP contribution in [0, 0.1) is 17.8 Å². The van der Waals surface area contributed by atoms with Crippen molar-refractivity contribution < 1.29 is 37.7 Å². The number of benzene rings is 3. The molecule has 0 spiro atoms. The molecule has 16 heteroatoms. The van der Waals surface area contributed by atoms with E-state index in [1.54, 1.807) is 29.3 Å². The normalized spacial score (nSPS) is 22.5. The van der Waals surface area contributed by atoms with Crippen LogP contribution in [0.4, 0.5) is 13.6 Å². The first-order chi connectivity index (χ1) is 30.2. The molecule has 4 aliphatic rings. The maximum atomic E-state index is 16.6. The monoisotopic (exact) mass is 864 g/mol. The predicted molar refractivity (Wildman–Crippen MR) is 231 cm³/mol. The number of nitrogens with zero attached hydrogens (tertiary/aromatic N) is 4. The quantitative estimate of drug-likeness (QED) is 0.0802. The van der Waals surface area contributed by atoms with Gasteiger partial charge in [-0.2, -0.15) is 8.78 Å². The fourth-order valence-electron chi connectivity index (χ4n) is 10.4. The molecule has 14 nitrogen and oxygen atoms in total. The van der Waals surface area contributed by atoms with Crippen LogP contribution in [0.3, 0.4) is 0 Å². The van der Waals surface area contributed by atoms with E-state index < -0.39 is 30.5 Å². The van der Waals surface area contributed by atoms with Crippen LogP contribution in [-0.4, -0.2) is 98.1 Å². The van der Waals surface area contributed by atoms with Crippen molar-refractivity contribution in [3.63, 3.8) is 0 Å². The van der Waals surface area contributed by atoms with E-state index in [1.807, 2.05) is 62.9 Å². The van der Waals surface area contributed by atoms with Crippen molar-refractivity contribution in [3.05, 3.63) is 83.6 Å². The van der Waals surface area contributed by atoms with Gasteiger partial charge in [0.2, 0.25) is 18.2 Å². The Morgan fingerprint density at radius 3 is 2.24 bits per heavy atom. The van der Waals surface area contributed by atoms with Crippen molar-refractivity contribution in [1.82, 2.24) is 40.4 Å². The molecule has 5 aromatic rings. The molecule has 63 heavy (non-hydrogen) atoms. The first-order valence-electron chi connectivity index (χ1n) is 21.8. The highest BCUT2D eigenvalue weighted by molar-refractivity contribution is 5.89. The van der Waals surface area contributed by atoms with Gasteiger partial charge >= 0.3 is 6.09 Å². The predicted octanol–water partition coefficient (Wildman–Crippen LogP) is 7.37. The number of aromatic amines is 2. The van der Waals surface area contributed by atoms with Crippen molar-refractivity contribution in [2.45, 2.75) is 102 Å². The molecular weight excluding hydrogens is 811 g/mol. The summed E-state index contributed by atoms with van der Waals surface area (Å²) in [5.74, 6) is -2.43. The van der Waals surface area contributed by atoms with Gasteiger partial charge in [-0.25, -0.2) is 14.8 Å². The number of hydrogen-bond donors (Lipinski definition) is 5. The number of halogens is 2. The number of carbonyl (C=O) groups is 3. The van der Waals surface area contributed by atoms with Crippen LogP contribution >= 0.6 is 0 Å². The smallest absolute Gasteiger partial charge is 0.407 e. The Balaban J connectivity index is 0.951. The Labute approximate surface area is 364 Å². The fourth-order valence-corrected chi connectivity index (χ4v) is 10.4. The molecule has 332 valence electrons. The second kappa shape index (κ2) is 16.4. The van der Waals surface area contributed by atoms with Crippen molar-refractivity contribution in [3.8, 4) is 33.5 Å². The Bertz CT molecular complexity index is 2570. The number of aliphatic hydroxyl groups excluding tert-OH is 1. The van der Waals surface area contributed by atoms with Crippen LogP contribution in [0.15, 0.2) is 60.8 Å². The lowest BCUT2D eigenvalue weighted by atomic mass is 9.95. The number of alkyl halides is 2. The number of alkyl carbamates (subject to hydrolysis) is 1. The largest absolute Gasteiger partial charge is 0.453 e. The standard InChI is InChI=1S/C47H54F2N8O6/c1-23(2)38(54-45(60)62-5)43(58)56-17-7-8-37(56)41-50-22-36(53-41)27-11-15-31-30-14-10-25(19-32(30)47(48,49)33(31)20-27)26-12-16-34-35(21-26)52-42(51-34)40-28-9-13-29(18-28)57(40)44(59)39(24(3)4)55-46(61)63-6/h10-12,14-16,19-24,28-29,37-40,45,54,60H,7-9,13,17-18H2,1-6H3,(H,50,53)(H,51,52)(H,55,61)/t28-,29+,37-,38-,39-,40-,45?/m0/s1. The Kier molecular flexibility index (Phi) is 11.1. The second-order valence-electron chi connectivity index (χ2n) is 18.1. The van der Waals surface area contributed by atoms with Gasteiger partial charge in [0, 0.05) is 36.4 Å². The number of aliphatic hydroxyl groups is 1. The zero-order chi connectivity index (χ0) is 44.5. The van der Waals surface area contributed by atoms with Crippen LogP contribution in [-0.2, 0) is 25.0 Å². The van der Waals surface area contributed by atoms with Crippen molar-refractivity contribution >= 4 is 28.9 Å². The van der Waals surface area contributed by atoms with Gasteiger partial charge in [-0.3, -0.25) is 14.9 Å². The van der Waals surface area contributed by atoms with Crippen LogP contribution in [0.25, 0.3) is 44.5 Å². The molecule has 3 aromatic carbocycles. The number of imidazole rings is 2. The highest BCUT2D eigenvalue weighted by atomic mass is 19.3. The molecule has 3 fully saturated rings. The zero-order valence-electron chi connectivity index (χ0n) is 36.2. The van der Waals surface area contributed by atoms with E-state index in [0.29, 0.717) is 58.1 Å². The number of piperidine rings is 1. The lowest BCUT2D eigenvalue weighted by Crippen LogP contribution is -2.54. The number of hydrogen-bond acceptors (Lipinski definition) is 9. The van der Waals surface area contributed by atoms with E-state index in [0.717, 1.165) is 36.8 Å².